The predicted molar refractivity (Wildman–Crippen MR) is 89.5 cm³/mol. The molecule has 0 aliphatic rings. The van der Waals surface area contributed by atoms with Gasteiger partial charge in [0.1, 0.15) is 0 Å². The van der Waals surface area contributed by atoms with Crippen molar-refractivity contribution in [1.82, 2.24) is 9.80 Å². The first-order chi connectivity index (χ1) is 9.00. The molecule has 0 amide bonds. The van der Waals surface area contributed by atoms with Crippen LogP contribution in [0.3, 0.4) is 0 Å². The molecule has 0 aliphatic carbocycles. The van der Waals surface area contributed by atoms with Crippen LogP contribution in [0.1, 0.15) is 24.0 Å². The second kappa shape index (κ2) is 8.68. The Balaban J connectivity index is 2.61. The van der Waals surface area contributed by atoms with Gasteiger partial charge in [0.25, 0.3) is 0 Å². The average Bonchev–Trinajstić information content (AvgIpc) is 2.31. The number of rotatable bonds is 8. The molecule has 0 saturated heterocycles. The molecule has 0 saturated carbocycles. The Labute approximate surface area is 121 Å². The topological polar surface area (TPSA) is 6.48 Å². The third-order valence-corrected chi connectivity index (χ3v) is 3.93. The molecule has 0 fully saturated rings. The van der Waals surface area contributed by atoms with Crippen LogP contribution in [-0.2, 0) is 12.8 Å². The van der Waals surface area contributed by atoms with Crippen molar-refractivity contribution in [3.63, 3.8) is 0 Å². The van der Waals surface area contributed by atoms with Crippen LogP contribution in [-0.4, -0.2) is 51.1 Å². The van der Waals surface area contributed by atoms with Crippen molar-refractivity contribution in [2.75, 3.05) is 41.3 Å². The van der Waals surface area contributed by atoms with Gasteiger partial charge < -0.3 is 9.80 Å². The summed E-state index contributed by atoms with van der Waals surface area (Å²) in [6.07, 6.45) is 4.85. The fraction of sp³-hybridized carbons (Fsp3) is 0.625. The average molecular weight is 280 g/mol. The quantitative estimate of drug-likeness (QED) is 0.673. The van der Waals surface area contributed by atoms with E-state index in [4.69, 9.17) is 0 Å². The van der Waals surface area contributed by atoms with Gasteiger partial charge >= 0.3 is 0 Å². The number of nitrogens with zero attached hydrogens (tertiary/aromatic N) is 2. The molecule has 108 valence electrons. The second-order valence-electron chi connectivity index (χ2n) is 5.80. The molecular formula is C16H29N2P. The van der Waals surface area contributed by atoms with Gasteiger partial charge in [0.15, 0.2) is 0 Å². The summed E-state index contributed by atoms with van der Waals surface area (Å²) in [4.78, 5) is 4.52. The van der Waals surface area contributed by atoms with Gasteiger partial charge in [-0.3, -0.25) is 0 Å². The minimum atomic E-state index is 1.16. The summed E-state index contributed by atoms with van der Waals surface area (Å²) in [5.74, 6) is 0. The number of hydrogen-bond donors (Lipinski definition) is 0. The molecule has 0 N–H and O–H groups in total. The zero-order chi connectivity index (χ0) is 14.3. The Morgan fingerprint density at radius 1 is 0.895 bits per heavy atom. The largest absolute Gasteiger partial charge is 0.309 e. The van der Waals surface area contributed by atoms with Crippen LogP contribution >= 0.6 is 9.24 Å². The highest BCUT2D eigenvalue weighted by molar-refractivity contribution is 7.27. The second-order valence-corrected chi connectivity index (χ2v) is 6.42. The van der Waals surface area contributed by atoms with Gasteiger partial charge in [0.2, 0.25) is 0 Å². The monoisotopic (exact) mass is 280 g/mol. The molecule has 0 radical (unpaired) electrons. The van der Waals surface area contributed by atoms with Gasteiger partial charge in [-0.05, 0) is 83.4 Å². The molecule has 0 heterocycles. The number of hydrogen-bond acceptors (Lipinski definition) is 2. The van der Waals surface area contributed by atoms with Gasteiger partial charge in [-0.25, -0.2) is 0 Å². The standard InChI is InChI=1S/C16H29N2P/c1-17(2)12-6-9-14-8-5-11-16(19)15(14)10-7-13-18(3)4/h5,8,11H,6-7,9-10,12-13,19H2,1-4H3. The summed E-state index contributed by atoms with van der Waals surface area (Å²) >= 11 is 0. The summed E-state index contributed by atoms with van der Waals surface area (Å²) < 4.78 is 0. The summed E-state index contributed by atoms with van der Waals surface area (Å²) in [5, 5.41) is 1.38. The van der Waals surface area contributed by atoms with E-state index < -0.39 is 0 Å². The molecular weight excluding hydrogens is 251 g/mol. The van der Waals surface area contributed by atoms with E-state index in [1.807, 2.05) is 0 Å². The third-order valence-electron chi connectivity index (χ3n) is 3.39. The van der Waals surface area contributed by atoms with E-state index in [0.717, 1.165) is 13.1 Å². The van der Waals surface area contributed by atoms with Crippen molar-refractivity contribution in [2.24, 2.45) is 0 Å². The molecule has 0 aromatic heterocycles. The minimum Gasteiger partial charge on any atom is -0.309 e. The van der Waals surface area contributed by atoms with E-state index in [2.05, 4.69) is 65.4 Å². The molecule has 1 atom stereocenters. The van der Waals surface area contributed by atoms with Crippen LogP contribution in [0.15, 0.2) is 18.2 Å². The first-order valence-corrected chi connectivity index (χ1v) is 7.74. The van der Waals surface area contributed by atoms with Crippen LogP contribution in [0.25, 0.3) is 0 Å². The highest BCUT2D eigenvalue weighted by Crippen LogP contribution is 2.14. The maximum atomic E-state index is 2.90. The minimum absolute atomic E-state index is 1.16. The van der Waals surface area contributed by atoms with E-state index in [0.29, 0.717) is 0 Å². The fourth-order valence-corrected chi connectivity index (χ4v) is 2.79. The normalized spacial score (nSPS) is 11.5. The highest BCUT2D eigenvalue weighted by Gasteiger charge is 2.06. The summed E-state index contributed by atoms with van der Waals surface area (Å²) in [5.41, 5.74) is 3.08. The maximum absolute atomic E-state index is 2.90. The summed E-state index contributed by atoms with van der Waals surface area (Å²) in [6.45, 7) is 2.33. The Morgan fingerprint density at radius 3 is 2.05 bits per heavy atom. The Bertz CT molecular complexity index is 375. The molecule has 1 aromatic carbocycles. The molecule has 0 aliphatic heterocycles. The lowest BCUT2D eigenvalue weighted by atomic mass is 9.99. The van der Waals surface area contributed by atoms with Gasteiger partial charge in [0.05, 0.1) is 0 Å². The first kappa shape index (κ1) is 16.6. The zero-order valence-corrected chi connectivity index (χ0v) is 14.1. The first-order valence-electron chi connectivity index (χ1n) is 7.16. The summed E-state index contributed by atoms with van der Waals surface area (Å²) in [7, 11) is 11.5. The Morgan fingerprint density at radius 2 is 1.47 bits per heavy atom. The summed E-state index contributed by atoms with van der Waals surface area (Å²) in [6, 6.07) is 6.70. The number of benzene rings is 1. The van der Waals surface area contributed by atoms with E-state index in [9.17, 15) is 0 Å². The van der Waals surface area contributed by atoms with Crippen LogP contribution < -0.4 is 5.30 Å². The zero-order valence-electron chi connectivity index (χ0n) is 12.9. The lowest BCUT2D eigenvalue weighted by molar-refractivity contribution is 0.397. The lowest BCUT2D eigenvalue weighted by Gasteiger charge is -2.15. The molecule has 0 spiro atoms. The van der Waals surface area contributed by atoms with E-state index >= 15 is 0 Å². The van der Waals surface area contributed by atoms with E-state index in [1.165, 1.54) is 36.6 Å². The third kappa shape index (κ3) is 6.51. The molecule has 1 unspecified atom stereocenters. The van der Waals surface area contributed by atoms with Crippen LogP contribution in [0, 0.1) is 0 Å². The van der Waals surface area contributed by atoms with E-state index in [-0.39, 0.29) is 0 Å². The highest BCUT2D eigenvalue weighted by atomic mass is 31.0. The van der Waals surface area contributed by atoms with Crippen molar-refractivity contribution in [1.29, 1.82) is 0 Å². The Kier molecular flexibility index (Phi) is 7.60. The van der Waals surface area contributed by atoms with E-state index in [1.54, 1.807) is 5.56 Å². The van der Waals surface area contributed by atoms with Crippen molar-refractivity contribution in [2.45, 2.75) is 25.7 Å². The smallest absolute Gasteiger partial charge is 0.00217 e. The molecule has 2 nitrogen and oxygen atoms in total. The maximum Gasteiger partial charge on any atom is -0.00217 e. The Hall–Kier alpha value is -0.430. The molecule has 3 heteroatoms. The molecule has 1 aromatic rings. The van der Waals surface area contributed by atoms with Gasteiger partial charge in [-0.1, -0.05) is 18.2 Å². The van der Waals surface area contributed by atoms with Gasteiger partial charge in [-0.2, -0.15) is 0 Å². The van der Waals surface area contributed by atoms with Crippen LogP contribution in [0.4, 0.5) is 0 Å². The number of aryl methyl sites for hydroxylation is 1. The van der Waals surface area contributed by atoms with Crippen molar-refractivity contribution >= 4 is 14.5 Å². The molecule has 1 rings (SSSR count). The van der Waals surface area contributed by atoms with Gasteiger partial charge in [0, 0.05) is 0 Å². The van der Waals surface area contributed by atoms with Crippen molar-refractivity contribution < 1.29 is 0 Å². The van der Waals surface area contributed by atoms with Crippen LogP contribution in [0.2, 0.25) is 0 Å². The van der Waals surface area contributed by atoms with Gasteiger partial charge in [-0.15, -0.1) is 9.24 Å². The fourth-order valence-electron chi connectivity index (χ4n) is 2.35. The molecule has 19 heavy (non-hydrogen) atoms. The van der Waals surface area contributed by atoms with Crippen LogP contribution in [0.5, 0.6) is 0 Å². The molecule has 0 bridgehead atoms. The van der Waals surface area contributed by atoms with Crippen molar-refractivity contribution in [3.8, 4) is 0 Å². The SMILES string of the molecule is CN(C)CCCc1cccc(P)c1CCCN(C)C. The lowest BCUT2D eigenvalue weighted by Crippen LogP contribution is -2.16. The predicted octanol–water partition coefficient (Wildman–Crippen LogP) is 2.18. The van der Waals surface area contributed by atoms with Crippen molar-refractivity contribution in [3.05, 3.63) is 29.3 Å².